The summed E-state index contributed by atoms with van der Waals surface area (Å²) in [5, 5.41) is 63.6. The van der Waals surface area contributed by atoms with E-state index in [2.05, 4.69) is 61.7 Å². The van der Waals surface area contributed by atoms with Crippen molar-refractivity contribution < 1.29 is 92.3 Å². The summed E-state index contributed by atoms with van der Waals surface area (Å²) < 4.78 is 5.83. The number of fused-ring (bicyclic) bond motifs is 23. The minimum atomic E-state index is -1.96. The number of rotatable bonds is 36. The van der Waals surface area contributed by atoms with Gasteiger partial charge in [0.1, 0.15) is 71.9 Å². The van der Waals surface area contributed by atoms with Crippen molar-refractivity contribution in [1.82, 2.24) is 52.8 Å². The van der Waals surface area contributed by atoms with Gasteiger partial charge < -0.3 is 89.4 Å². The van der Waals surface area contributed by atoms with Crippen LogP contribution in [0.1, 0.15) is 207 Å². The van der Waals surface area contributed by atoms with Crippen LogP contribution in [0.3, 0.4) is 0 Å². The molecule has 12 atom stereocenters. The second kappa shape index (κ2) is 45.8. The fourth-order valence-corrected chi connectivity index (χ4v) is 12.2. The number of nitrogens with one attached hydrogen (secondary N) is 9. The molecule has 1 saturated heterocycles. The Morgan fingerprint density at radius 1 is 0.596 bits per heavy atom. The van der Waals surface area contributed by atoms with E-state index in [1.807, 2.05) is 0 Å². The molecular weight excluding hydrogens is 1350 g/mol. The minimum Gasteiger partial charge on any atom is -0.508 e. The quantitative estimate of drug-likeness (QED) is 0.0201. The maximum atomic E-state index is 14.8. The van der Waals surface area contributed by atoms with E-state index < -0.39 is 187 Å². The Hall–Kier alpha value is -9.26. The third kappa shape index (κ3) is 31.4. The van der Waals surface area contributed by atoms with Gasteiger partial charge in [0.15, 0.2) is 0 Å². The zero-order chi connectivity index (χ0) is 77.0. The monoisotopic (exact) mass is 1460 g/mol. The molecule has 0 radical (unpaired) electrons. The maximum absolute atomic E-state index is 14.8. The van der Waals surface area contributed by atoms with Crippen LogP contribution in [0.2, 0.25) is 0 Å². The number of primary amides is 1. The molecule has 0 aliphatic carbocycles. The lowest BCUT2D eigenvalue weighted by Gasteiger charge is -2.30. The van der Waals surface area contributed by atoms with Gasteiger partial charge in [-0.05, 0) is 119 Å². The van der Waals surface area contributed by atoms with Gasteiger partial charge in [-0.2, -0.15) is 0 Å². The van der Waals surface area contributed by atoms with E-state index in [4.69, 9.17) is 16.2 Å². The number of carboxylic acid groups (broad SMARTS) is 2. The first-order valence-corrected chi connectivity index (χ1v) is 36.6. The number of benzene rings is 2. The first-order chi connectivity index (χ1) is 49.4. The van der Waals surface area contributed by atoms with Crippen LogP contribution in [-0.4, -0.2) is 188 Å². The van der Waals surface area contributed by atoms with Crippen molar-refractivity contribution in [3.63, 3.8) is 0 Å². The lowest BCUT2D eigenvalue weighted by molar-refractivity contribution is -0.143. The largest absolute Gasteiger partial charge is 0.508 e. The van der Waals surface area contributed by atoms with Gasteiger partial charge in [-0.1, -0.05) is 129 Å². The number of esters is 1. The zero-order valence-corrected chi connectivity index (χ0v) is 60.9. The summed E-state index contributed by atoms with van der Waals surface area (Å²) in [7, 11) is 0. The molecule has 104 heavy (non-hydrogen) atoms. The number of aliphatic hydroxyl groups excluding tert-OH is 1. The van der Waals surface area contributed by atoms with E-state index in [0.29, 0.717) is 24.3 Å². The van der Waals surface area contributed by atoms with E-state index in [0.717, 1.165) is 43.9 Å². The van der Waals surface area contributed by atoms with Crippen molar-refractivity contribution in [1.29, 1.82) is 0 Å². The van der Waals surface area contributed by atoms with Gasteiger partial charge in [-0.3, -0.25) is 62.3 Å². The molecule has 2 aromatic rings. The van der Waals surface area contributed by atoms with Crippen molar-refractivity contribution in [3.8, 4) is 11.5 Å². The second-order valence-corrected chi connectivity index (χ2v) is 27.7. The highest BCUT2D eigenvalue weighted by atomic mass is 16.5. The summed E-state index contributed by atoms with van der Waals surface area (Å²) in [6.45, 7) is 10.2. The predicted octanol–water partition coefficient (Wildman–Crippen LogP) is 2.36. The average molecular weight is 1460 g/mol. The molecule has 5 rings (SSSR count). The summed E-state index contributed by atoms with van der Waals surface area (Å²) in [5.41, 5.74) is 12.1. The van der Waals surface area contributed by atoms with E-state index in [9.17, 15) is 87.5 Å². The van der Waals surface area contributed by atoms with Gasteiger partial charge >= 0.3 is 17.9 Å². The topological polar surface area (TPSA) is 493 Å². The number of aliphatic carboxylic acids is 2. The molecule has 0 saturated carbocycles. The summed E-state index contributed by atoms with van der Waals surface area (Å²) in [6, 6.07) is -4.50. The van der Waals surface area contributed by atoms with Gasteiger partial charge in [0.05, 0.1) is 6.10 Å². The van der Waals surface area contributed by atoms with Gasteiger partial charge in [0, 0.05) is 45.1 Å². The Bertz CT molecular complexity index is 3190. The molecule has 578 valence electrons. The number of phenols is 1. The number of aromatic hydroxyl groups is 1. The van der Waals surface area contributed by atoms with Crippen molar-refractivity contribution in [3.05, 3.63) is 59.7 Å². The van der Waals surface area contributed by atoms with Crippen LogP contribution in [-0.2, 0) is 80.0 Å². The predicted molar refractivity (Wildman–Crippen MR) is 382 cm³/mol. The van der Waals surface area contributed by atoms with Crippen LogP contribution >= 0.6 is 0 Å². The number of phenolic OH excluding ortho intramolecular Hbond substituents is 1. The maximum Gasteiger partial charge on any atom is 0.334 e. The highest BCUT2D eigenvalue weighted by Gasteiger charge is 2.41. The van der Waals surface area contributed by atoms with Gasteiger partial charge in [-0.15, -0.1) is 0 Å². The van der Waals surface area contributed by atoms with Crippen LogP contribution in [0, 0.1) is 11.8 Å². The Morgan fingerprint density at radius 3 is 1.72 bits per heavy atom. The first kappa shape index (κ1) is 87.1. The average Bonchev–Trinajstić information content (AvgIpc) is 1.71. The molecule has 0 spiro atoms. The third-order valence-electron chi connectivity index (χ3n) is 18.5. The fourth-order valence-electron chi connectivity index (χ4n) is 12.2. The van der Waals surface area contributed by atoms with E-state index >= 15 is 0 Å². The SMILES string of the molecule is CC[C@@H](C)[C@H]1NC(=O)[C@H](Cc2ccc(O)cc2)NC(=O)[C@H](CCC(N)=O)NC(=O)[C@H]2CCCN2C(=O)[C@@H](C)NC(=O)[C@H](CCC(=O)O)NC(=O)[C@H]([C@@H](C)O)NC(=O)[C@H](NC(=O)[C@H](CCCN)NC(=O)[C@@H](CCC(=O)O)NC(=O)CCCCCCCCCCCCCC(C)C)Cc2ccc(cc2)OC1=O. The number of carboxylic acids is 2. The van der Waals surface area contributed by atoms with Gasteiger partial charge in [0.25, 0.3) is 0 Å². The summed E-state index contributed by atoms with van der Waals surface area (Å²) in [4.78, 5) is 194. The standard InChI is InChI=1S/C73H112N12O19/c1-7-44(4)62-73(103)104-50-31-27-48(28-32-50)42-56(81-65(95)51(22-19-39-74)78-66(96)52(34-37-60(90)91)77-59(89)24-18-16-14-12-10-8-9-11-13-15-17-21-43(2)3)69(99)84-63(46(6)86)71(101)80-54(35-38-61(92)93)64(94)76-45(5)72(102)85-40-20-23-57(85)70(100)79-53(33-36-58(75)88)67(97)82-55(68(98)83-62)41-47-25-29-49(87)30-26-47/h25-32,43-46,51-57,62-63,86-87H,7-24,33-42,74H2,1-6H3,(H2,75,88)(H,76,94)(H,77,89)(H,78,96)(H,79,100)(H,80,101)(H,81,95)(H,82,97)(H,83,98)(H,84,99)(H,90,91)(H,92,93)/t44-,45-,46-,51+,52-,53+,54+,55+,56-,57-,62-,63+/m1/s1. The molecule has 31 nitrogen and oxygen atoms in total. The molecule has 17 N–H and O–H groups in total. The normalized spacial score (nSPS) is 21.7. The molecule has 2 bridgehead atoms. The number of ether oxygens (including phenoxy) is 1. The number of aliphatic hydroxyl groups is 1. The number of hydrogen-bond donors (Lipinski definition) is 15. The van der Waals surface area contributed by atoms with E-state index in [1.165, 1.54) is 94.0 Å². The second-order valence-electron chi connectivity index (χ2n) is 27.7. The van der Waals surface area contributed by atoms with Crippen molar-refractivity contribution >= 4 is 82.9 Å². The highest BCUT2D eigenvalue weighted by molar-refractivity contribution is 5.99. The molecule has 1 fully saturated rings. The number of carbonyl (C=O) groups is 14. The Labute approximate surface area is 608 Å². The van der Waals surface area contributed by atoms with Crippen molar-refractivity contribution in [2.24, 2.45) is 23.3 Å². The number of nitrogens with zero attached hydrogens (tertiary/aromatic N) is 1. The molecule has 0 unspecified atom stereocenters. The summed E-state index contributed by atoms with van der Waals surface area (Å²) in [6.07, 6.45) is 7.82. The van der Waals surface area contributed by atoms with Crippen LogP contribution in [0.5, 0.6) is 11.5 Å². The molecule has 2 aromatic carbocycles. The van der Waals surface area contributed by atoms with Crippen molar-refractivity contribution in [2.75, 3.05) is 13.1 Å². The zero-order valence-electron chi connectivity index (χ0n) is 60.9. The van der Waals surface area contributed by atoms with Crippen LogP contribution in [0.25, 0.3) is 0 Å². The first-order valence-electron chi connectivity index (χ1n) is 36.6. The summed E-state index contributed by atoms with van der Waals surface area (Å²) >= 11 is 0. The molecule has 3 aliphatic heterocycles. The van der Waals surface area contributed by atoms with Gasteiger partial charge in [0.2, 0.25) is 65.0 Å². The lowest BCUT2D eigenvalue weighted by Crippen LogP contribution is -2.62. The van der Waals surface area contributed by atoms with Crippen molar-refractivity contribution in [2.45, 2.75) is 275 Å². The Balaban J connectivity index is 1.73. The lowest BCUT2D eigenvalue weighted by atomic mass is 9.97. The van der Waals surface area contributed by atoms with Crippen LogP contribution in [0.4, 0.5) is 0 Å². The van der Waals surface area contributed by atoms with E-state index in [-0.39, 0.29) is 81.5 Å². The third-order valence-corrected chi connectivity index (χ3v) is 18.5. The highest BCUT2D eigenvalue weighted by Crippen LogP contribution is 2.23. The van der Waals surface area contributed by atoms with Crippen LogP contribution in [0.15, 0.2) is 48.5 Å². The number of unbranched alkanes of at least 4 members (excludes halogenated alkanes) is 10. The smallest absolute Gasteiger partial charge is 0.334 e. The molecule has 0 aromatic heterocycles. The molecule has 31 heteroatoms. The number of carbonyl (C=O) groups excluding carboxylic acids is 12. The number of nitrogens with two attached hydrogens (primary N) is 2. The van der Waals surface area contributed by atoms with Crippen LogP contribution < -0.4 is 64.1 Å². The van der Waals surface area contributed by atoms with Gasteiger partial charge in [-0.25, -0.2) is 4.79 Å². The Morgan fingerprint density at radius 2 is 1.14 bits per heavy atom. The minimum absolute atomic E-state index is 0.00711. The Kier molecular flexibility index (Phi) is 38.3. The molecule has 3 heterocycles. The van der Waals surface area contributed by atoms with E-state index in [1.54, 1.807) is 13.8 Å². The molecular formula is C73H112N12O19. The summed E-state index contributed by atoms with van der Waals surface area (Å²) in [5.74, 6) is -14.1. The molecule has 11 amide bonds. The number of amides is 11. The fraction of sp³-hybridized carbons (Fsp3) is 0.644. The molecule has 3 aliphatic rings. The number of hydrogen-bond acceptors (Lipinski definition) is 18.